The first-order valence-electron chi connectivity index (χ1n) is 6.53. The number of pyridine rings is 1. The summed E-state index contributed by atoms with van der Waals surface area (Å²) in [5.74, 6) is -0.145. The molecule has 0 bridgehead atoms. The van der Waals surface area contributed by atoms with Gasteiger partial charge in [-0.2, -0.15) is 5.26 Å². The van der Waals surface area contributed by atoms with Crippen molar-refractivity contribution in [2.24, 2.45) is 0 Å². The van der Waals surface area contributed by atoms with Crippen LogP contribution in [0.5, 0.6) is 0 Å². The van der Waals surface area contributed by atoms with Crippen LogP contribution in [0.1, 0.15) is 5.69 Å². The van der Waals surface area contributed by atoms with Gasteiger partial charge >= 0.3 is 0 Å². The Morgan fingerprint density at radius 3 is 2.95 bits per heavy atom. The fourth-order valence-electron chi connectivity index (χ4n) is 2.54. The quantitative estimate of drug-likeness (QED) is 0.885. The molecule has 2 aliphatic rings. The lowest BCUT2D eigenvalue weighted by Gasteiger charge is -2.28. The van der Waals surface area contributed by atoms with E-state index in [1.165, 1.54) is 7.11 Å². The van der Waals surface area contributed by atoms with Gasteiger partial charge in [0.05, 0.1) is 11.8 Å². The molecule has 0 saturated heterocycles. The minimum atomic E-state index is -0.617. The Morgan fingerprint density at radius 2 is 2.29 bits per heavy atom. The molecule has 0 amide bonds. The first-order valence-corrected chi connectivity index (χ1v) is 6.53. The SMILES string of the molecule is COC1C=CC2=CNC(C#N)C(c3ccccn3)=C2C1=O. The van der Waals surface area contributed by atoms with E-state index in [0.717, 1.165) is 5.57 Å². The molecule has 0 saturated carbocycles. The molecule has 1 aromatic rings. The Bertz CT molecular complexity index is 711. The van der Waals surface area contributed by atoms with Crippen molar-refractivity contribution in [2.75, 3.05) is 7.11 Å². The van der Waals surface area contributed by atoms with Gasteiger partial charge in [-0.15, -0.1) is 0 Å². The zero-order chi connectivity index (χ0) is 14.8. The number of nitrogens with one attached hydrogen (secondary N) is 1. The molecule has 0 spiro atoms. The summed E-state index contributed by atoms with van der Waals surface area (Å²) in [6.45, 7) is 0. The molecule has 21 heavy (non-hydrogen) atoms. The van der Waals surface area contributed by atoms with E-state index in [1.54, 1.807) is 30.6 Å². The molecule has 3 rings (SSSR count). The normalized spacial score (nSPS) is 24.0. The van der Waals surface area contributed by atoms with Gasteiger partial charge in [-0.05, 0) is 18.2 Å². The molecule has 0 radical (unpaired) electrons. The van der Waals surface area contributed by atoms with Gasteiger partial charge < -0.3 is 10.1 Å². The molecule has 5 nitrogen and oxygen atoms in total. The van der Waals surface area contributed by atoms with Crippen LogP contribution in [0.25, 0.3) is 5.57 Å². The van der Waals surface area contributed by atoms with E-state index in [9.17, 15) is 10.1 Å². The van der Waals surface area contributed by atoms with Crippen LogP contribution < -0.4 is 5.32 Å². The van der Waals surface area contributed by atoms with Crippen molar-refractivity contribution in [3.8, 4) is 6.07 Å². The fourth-order valence-corrected chi connectivity index (χ4v) is 2.54. The summed E-state index contributed by atoms with van der Waals surface area (Å²) in [4.78, 5) is 16.9. The average Bonchev–Trinajstić information content (AvgIpc) is 2.55. The molecule has 5 heteroatoms. The minimum absolute atomic E-state index is 0.145. The molecule has 1 N–H and O–H groups in total. The van der Waals surface area contributed by atoms with Gasteiger partial charge in [-0.25, -0.2) is 0 Å². The number of nitriles is 1. The van der Waals surface area contributed by atoms with E-state index < -0.39 is 12.1 Å². The monoisotopic (exact) mass is 279 g/mol. The smallest absolute Gasteiger partial charge is 0.196 e. The zero-order valence-electron chi connectivity index (χ0n) is 11.4. The molecular formula is C16H13N3O2. The van der Waals surface area contributed by atoms with Crippen LogP contribution in [0.2, 0.25) is 0 Å². The highest BCUT2D eigenvalue weighted by Crippen LogP contribution is 2.33. The molecule has 0 aromatic carbocycles. The fraction of sp³-hybridized carbons (Fsp3) is 0.188. The second-order valence-electron chi connectivity index (χ2n) is 4.71. The van der Waals surface area contributed by atoms with Crippen LogP contribution in [-0.4, -0.2) is 30.0 Å². The largest absolute Gasteiger partial charge is 0.372 e. The number of ether oxygens (including phenoxy) is 1. The summed E-state index contributed by atoms with van der Waals surface area (Å²) in [7, 11) is 1.49. The van der Waals surface area contributed by atoms with Gasteiger partial charge in [0.1, 0.15) is 12.1 Å². The van der Waals surface area contributed by atoms with Crippen LogP contribution in [-0.2, 0) is 9.53 Å². The molecule has 0 fully saturated rings. The standard InChI is InChI=1S/C16H13N3O2/c1-21-13-6-5-10-9-19-12(8-17)15(14(10)16(13)20)11-4-2-3-7-18-11/h2-7,9,12-13,19H,1H3. The van der Waals surface area contributed by atoms with Crippen molar-refractivity contribution in [2.45, 2.75) is 12.1 Å². The van der Waals surface area contributed by atoms with E-state index in [1.807, 2.05) is 12.1 Å². The third-order valence-electron chi connectivity index (χ3n) is 3.53. The van der Waals surface area contributed by atoms with Crippen molar-refractivity contribution in [1.29, 1.82) is 5.26 Å². The summed E-state index contributed by atoms with van der Waals surface area (Å²) in [6, 6.07) is 6.99. The van der Waals surface area contributed by atoms with Gasteiger partial charge in [0.2, 0.25) is 0 Å². The highest BCUT2D eigenvalue weighted by Gasteiger charge is 2.34. The number of rotatable bonds is 2. The maximum Gasteiger partial charge on any atom is 0.196 e. The molecule has 1 aliphatic carbocycles. The van der Waals surface area contributed by atoms with Crippen molar-refractivity contribution in [1.82, 2.24) is 10.3 Å². The van der Waals surface area contributed by atoms with E-state index in [-0.39, 0.29) is 5.78 Å². The zero-order valence-corrected chi connectivity index (χ0v) is 11.4. The van der Waals surface area contributed by atoms with Crippen molar-refractivity contribution >= 4 is 11.4 Å². The molecule has 2 heterocycles. The van der Waals surface area contributed by atoms with Crippen LogP contribution in [0, 0.1) is 11.3 Å². The van der Waals surface area contributed by atoms with E-state index in [2.05, 4.69) is 16.4 Å². The van der Waals surface area contributed by atoms with Crippen molar-refractivity contribution < 1.29 is 9.53 Å². The number of carbonyl (C=O) groups excluding carboxylic acids is 1. The van der Waals surface area contributed by atoms with Gasteiger partial charge in [-0.3, -0.25) is 9.78 Å². The van der Waals surface area contributed by atoms with Crippen LogP contribution in [0.4, 0.5) is 0 Å². The number of hydrogen-bond acceptors (Lipinski definition) is 5. The van der Waals surface area contributed by atoms with Crippen molar-refractivity contribution in [3.63, 3.8) is 0 Å². The number of fused-ring (bicyclic) bond motifs is 1. The topological polar surface area (TPSA) is 75.0 Å². The number of dihydropyridines is 1. The number of Topliss-reactive ketones (excluding diaryl/α,β-unsaturated/α-hetero) is 1. The summed E-state index contributed by atoms with van der Waals surface area (Å²) < 4.78 is 5.18. The Balaban J connectivity index is 2.23. The first kappa shape index (κ1) is 13.3. The molecule has 1 aromatic heterocycles. The third kappa shape index (κ3) is 2.16. The lowest BCUT2D eigenvalue weighted by molar-refractivity contribution is -0.122. The number of hydrogen-bond donors (Lipinski definition) is 1. The highest BCUT2D eigenvalue weighted by molar-refractivity contribution is 6.12. The number of carbonyl (C=O) groups is 1. The van der Waals surface area contributed by atoms with E-state index in [4.69, 9.17) is 4.74 Å². The number of nitrogens with zero attached hydrogens (tertiary/aromatic N) is 2. The second kappa shape index (κ2) is 5.35. The number of ketones is 1. The highest BCUT2D eigenvalue weighted by atomic mass is 16.5. The number of aromatic nitrogens is 1. The first-order chi connectivity index (χ1) is 10.3. The van der Waals surface area contributed by atoms with Gasteiger partial charge in [0.25, 0.3) is 0 Å². The second-order valence-corrected chi connectivity index (χ2v) is 4.71. The number of allylic oxidation sites excluding steroid dienone is 2. The minimum Gasteiger partial charge on any atom is -0.372 e. The summed E-state index contributed by atoms with van der Waals surface area (Å²) >= 11 is 0. The molecule has 1 aliphatic heterocycles. The van der Waals surface area contributed by atoms with E-state index >= 15 is 0 Å². The maximum absolute atomic E-state index is 12.6. The van der Waals surface area contributed by atoms with Gasteiger partial charge in [0, 0.05) is 36.2 Å². The Labute approximate surface area is 122 Å². The van der Waals surface area contributed by atoms with Gasteiger partial charge in [0.15, 0.2) is 5.78 Å². The lowest BCUT2D eigenvalue weighted by atomic mass is 9.83. The predicted octanol–water partition coefficient (Wildman–Crippen LogP) is 1.37. The van der Waals surface area contributed by atoms with Crippen LogP contribution in [0.15, 0.2) is 53.9 Å². The molecular weight excluding hydrogens is 266 g/mol. The van der Waals surface area contributed by atoms with Crippen molar-refractivity contribution in [3.05, 3.63) is 59.6 Å². The van der Waals surface area contributed by atoms with Gasteiger partial charge in [-0.1, -0.05) is 12.1 Å². The summed E-state index contributed by atoms with van der Waals surface area (Å²) in [5, 5.41) is 12.4. The molecule has 2 atom stereocenters. The van der Waals surface area contributed by atoms with Crippen LogP contribution >= 0.6 is 0 Å². The Morgan fingerprint density at radius 1 is 1.43 bits per heavy atom. The third-order valence-corrected chi connectivity index (χ3v) is 3.53. The summed E-state index contributed by atoms with van der Waals surface area (Å²) in [5.41, 5.74) is 2.48. The Hall–Kier alpha value is -2.71. The molecule has 2 unspecified atom stereocenters. The Kier molecular flexibility index (Phi) is 3.38. The lowest BCUT2D eigenvalue weighted by Crippen LogP contribution is -2.36. The molecule has 104 valence electrons. The summed E-state index contributed by atoms with van der Waals surface area (Å²) in [6.07, 6.45) is 6.26. The number of methoxy groups -OCH3 is 1. The van der Waals surface area contributed by atoms with E-state index in [0.29, 0.717) is 16.8 Å². The van der Waals surface area contributed by atoms with Crippen LogP contribution in [0.3, 0.4) is 0 Å². The maximum atomic E-state index is 12.6. The predicted molar refractivity (Wildman–Crippen MR) is 76.7 cm³/mol. The average molecular weight is 279 g/mol.